The first-order valence-corrected chi connectivity index (χ1v) is 4.55. The number of benzene rings is 1. The van der Waals surface area contributed by atoms with Crippen LogP contribution in [0.4, 0.5) is 0 Å². The second kappa shape index (κ2) is 5.10. The van der Waals surface area contributed by atoms with Gasteiger partial charge in [-0.15, -0.1) is 0 Å². The first kappa shape index (κ1) is 11.2. The maximum absolute atomic E-state index is 11.6. The molecule has 0 spiro atoms. The molecule has 0 unspecified atom stereocenters. The van der Waals surface area contributed by atoms with Crippen molar-refractivity contribution in [2.75, 3.05) is 7.11 Å². The van der Waals surface area contributed by atoms with Crippen molar-refractivity contribution >= 4 is 17.3 Å². The van der Waals surface area contributed by atoms with E-state index in [1.807, 2.05) is 18.2 Å². The van der Waals surface area contributed by atoms with Crippen molar-refractivity contribution < 1.29 is 14.3 Å². The van der Waals surface area contributed by atoms with Gasteiger partial charge in [0.25, 0.3) is 5.78 Å². The highest BCUT2D eigenvalue weighted by molar-refractivity contribution is 6.51. The van der Waals surface area contributed by atoms with Gasteiger partial charge in [-0.05, 0) is 12.5 Å². The molecule has 0 bridgehead atoms. The number of ether oxygens (including phenoxy) is 1. The minimum atomic E-state index is -0.841. The Labute approximate surface area is 88.4 Å². The number of hydrogen-bond donors (Lipinski definition) is 0. The Balaban J connectivity index is 3.02. The predicted molar refractivity (Wildman–Crippen MR) is 57.1 cm³/mol. The van der Waals surface area contributed by atoms with Gasteiger partial charge in [-0.2, -0.15) is 0 Å². The van der Waals surface area contributed by atoms with E-state index in [-0.39, 0.29) is 0 Å². The molecule has 0 amide bonds. The molecule has 1 aromatic rings. The number of hydrogen-bond acceptors (Lipinski definition) is 3. The van der Waals surface area contributed by atoms with Crippen molar-refractivity contribution in [1.29, 1.82) is 0 Å². The maximum Gasteiger partial charge on any atom is 0.379 e. The van der Waals surface area contributed by atoms with Crippen LogP contribution in [-0.4, -0.2) is 18.9 Å². The van der Waals surface area contributed by atoms with E-state index in [0.29, 0.717) is 5.57 Å². The molecule has 3 heteroatoms. The molecule has 0 saturated carbocycles. The zero-order valence-corrected chi connectivity index (χ0v) is 8.69. The number of esters is 1. The summed E-state index contributed by atoms with van der Waals surface area (Å²) in [5, 5.41) is 0. The fraction of sp³-hybridized carbons (Fsp3) is 0.167. The summed E-state index contributed by atoms with van der Waals surface area (Å²) in [5.41, 5.74) is 1.08. The summed E-state index contributed by atoms with van der Waals surface area (Å²) in [4.78, 5) is 22.6. The Kier molecular flexibility index (Phi) is 3.80. The molecule has 78 valence electrons. The van der Waals surface area contributed by atoms with Crippen LogP contribution in [-0.2, 0) is 14.3 Å². The van der Waals surface area contributed by atoms with Gasteiger partial charge in [0.1, 0.15) is 0 Å². The highest BCUT2D eigenvalue weighted by Gasteiger charge is 2.19. The van der Waals surface area contributed by atoms with Crippen LogP contribution in [0.2, 0.25) is 0 Å². The van der Waals surface area contributed by atoms with Crippen LogP contribution in [0.1, 0.15) is 12.5 Å². The van der Waals surface area contributed by atoms with Gasteiger partial charge in [0.05, 0.1) is 7.11 Å². The normalized spacial score (nSPS) is 10.9. The number of methoxy groups -OCH3 is 1. The van der Waals surface area contributed by atoms with E-state index in [2.05, 4.69) is 4.74 Å². The first-order valence-electron chi connectivity index (χ1n) is 4.55. The van der Waals surface area contributed by atoms with Crippen molar-refractivity contribution in [3.8, 4) is 0 Å². The van der Waals surface area contributed by atoms with Gasteiger partial charge in [-0.1, -0.05) is 36.4 Å². The standard InChI is InChI=1S/C12H12O3/c1-3-10(11(13)12(14)15-2)9-7-5-4-6-8-9/h3-8H,1-2H3. The average molecular weight is 204 g/mol. The molecule has 0 N–H and O–H groups in total. The van der Waals surface area contributed by atoms with Gasteiger partial charge >= 0.3 is 5.97 Å². The molecular formula is C12H12O3. The van der Waals surface area contributed by atoms with E-state index in [1.165, 1.54) is 7.11 Å². The third-order valence-corrected chi connectivity index (χ3v) is 1.99. The zero-order chi connectivity index (χ0) is 11.3. The summed E-state index contributed by atoms with van der Waals surface area (Å²) < 4.78 is 4.39. The van der Waals surface area contributed by atoms with E-state index < -0.39 is 11.8 Å². The Bertz CT molecular complexity index is 391. The summed E-state index contributed by atoms with van der Waals surface area (Å²) in [6.07, 6.45) is 1.61. The molecule has 0 saturated heterocycles. The second-order valence-electron chi connectivity index (χ2n) is 2.89. The minimum absolute atomic E-state index is 0.363. The van der Waals surface area contributed by atoms with Crippen molar-refractivity contribution in [2.24, 2.45) is 0 Å². The molecule has 1 aromatic carbocycles. The lowest BCUT2D eigenvalue weighted by Gasteiger charge is -2.03. The first-order chi connectivity index (χ1) is 7.20. The molecule has 0 fully saturated rings. The van der Waals surface area contributed by atoms with Crippen LogP contribution in [0.25, 0.3) is 5.57 Å². The second-order valence-corrected chi connectivity index (χ2v) is 2.89. The number of Topliss-reactive ketones (excluding diaryl/α,β-unsaturated/α-hetero) is 1. The van der Waals surface area contributed by atoms with E-state index in [4.69, 9.17) is 0 Å². The van der Waals surface area contributed by atoms with E-state index in [9.17, 15) is 9.59 Å². The number of ketones is 1. The molecule has 0 aliphatic rings. The summed E-state index contributed by atoms with van der Waals surface area (Å²) in [5.74, 6) is -1.46. The van der Waals surface area contributed by atoms with Crippen LogP contribution in [0, 0.1) is 0 Å². The van der Waals surface area contributed by atoms with E-state index >= 15 is 0 Å². The largest absolute Gasteiger partial charge is 0.463 e. The Morgan fingerprint density at radius 2 is 1.80 bits per heavy atom. The van der Waals surface area contributed by atoms with Gasteiger partial charge in [-0.25, -0.2) is 4.79 Å². The van der Waals surface area contributed by atoms with Crippen LogP contribution >= 0.6 is 0 Å². The molecule has 3 nitrogen and oxygen atoms in total. The molecule has 0 aromatic heterocycles. The van der Waals surface area contributed by atoms with Crippen LogP contribution in [0.5, 0.6) is 0 Å². The summed E-state index contributed by atoms with van der Waals surface area (Å²) >= 11 is 0. The molecule has 15 heavy (non-hydrogen) atoms. The third-order valence-electron chi connectivity index (χ3n) is 1.99. The highest BCUT2D eigenvalue weighted by Crippen LogP contribution is 2.15. The van der Waals surface area contributed by atoms with Gasteiger partial charge in [0.15, 0.2) is 0 Å². The van der Waals surface area contributed by atoms with Crippen molar-refractivity contribution in [3.63, 3.8) is 0 Å². The predicted octanol–water partition coefficient (Wildman–Crippen LogP) is 1.83. The molecule has 0 atom stereocenters. The molecule has 0 aliphatic carbocycles. The molecular weight excluding hydrogens is 192 g/mol. The molecule has 1 rings (SSSR count). The average Bonchev–Trinajstić information content (AvgIpc) is 2.30. The smallest absolute Gasteiger partial charge is 0.379 e. The number of carbonyl (C=O) groups is 2. The van der Waals surface area contributed by atoms with Gasteiger partial charge in [0, 0.05) is 5.57 Å². The van der Waals surface area contributed by atoms with Crippen LogP contribution in [0.15, 0.2) is 36.4 Å². The minimum Gasteiger partial charge on any atom is -0.463 e. The lowest BCUT2D eigenvalue weighted by molar-refractivity contribution is -0.149. The lowest BCUT2D eigenvalue weighted by atomic mass is 10.0. The summed E-state index contributed by atoms with van der Waals surface area (Å²) in [7, 11) is 1.19. The maximum atomic E-state index is 11.6. The lowest BCUT2D eigenvalue weighted by Crippen LogP contribution is -2.16. The Hall–Kier alpha value is -1.90. The Morgan fingerprint density at radius 3 is 2.27 bits per heavy atom. The summed E-state index contributed by atoms with van der Waals surface area (Å²) in [6, 6.07) is 9.01. The van der Waals surface area contributed by atoms with Crippen LogP contribution in [0.3, 0.4) is 0 Å². The summed E-state index contributed by atoms with van der Waals surface area (Å²) in [6.45, 7) is 1.71. The topological polar surface area (TPSA) is 43.4 Å². The zero-order valence-electron chi connectivity index (χ0n) is 8.69. The quantitative estimate of drug-likeness (QED) is 0.428. The number of carbonyl (C=O) groups excluding carboxylic acids is 2. The Morgan fingerprint density at radius 1 is 1.20 bits per heavy atom. The third kappa shape index (κ3) is 2.53. The van der Waals surface area contributed by atoms with E-state index in [0.717, 1.165) is 5.56 Å². The van der Waals surface area contributed by atoms with Gasteiger partial charge in [-0.3, -0.25) is 4.79 Å². The van der Waals surface area contributed by atoms with Gasteiger partial charge in [0.2, 0.25) is 0 Å². The van der Waals surface area contributed by atoms with Crippen LogP contribution < -0.4 is 0 Å². The number of allylic oxidation sites excluding steroid dienone is 1. The monoisotopic (exact) mass is 204 g/mol. The highest BCUT2D eigenvalue weighted by atomic mass is 16.5. The molecule has 0 radical (unpaired) electrons. The molecule has 0 heterocycles. The molecule has 0 aliphatic heterocycles. The SMILES string of the molecule is CC=C(C(=O)C(=O)OC)c1ccccc1. The van der Waals surface area contributed by atoms with E-state index in [1.54, 1.807) is 25.1 Å². The fourth-order valence-electron chi connectivity index (χ4n) is 1.25. The van der Waals surface area contributed by atoms with Crippen molar-refractivity contribution in [3.05, 3.63) is 42.0 Å². The number of rotatable bonds is 3. The van der Waals surface area contributed by atoms with Crippen molar-refractivity contribution in [2.45, 2.75) is 6.92 Å². The van der Waals surface area contributed by atoms with Gasteiger partial charge < -0.3 is 4.74 Å². The fourth-order valence-corrected chi connectivity index (χ4v) is 1.25. The van der Waals surface area contributed by atoms with Crippen molar-refractivity contribution in [1.82, 2.24) is 0 Å².